The van der Waals surface area contributed by atoms with Crippen LogP contribution in [0, 0.1) is 5.92 Å². The van der Waals surface area contributed by atoms with Crippen molar-refractivity contribution in [2.75, 3.05) is 25.9 Å². The minimum Gasteiger partial charge on any atom is -0.406 e. The van der Waals surface area contributed by atoms with Crippen LogP contribution in [0.1, 0.15) is 31.4 Å². The third kappa shape index (κ3) is 6.83. The highest BCUT2D eigenvalue weighted by Crippen LogP contribution is 2.29. The number of hydrogen-bond acceptors (Lipinski definition) is 4. The normalized spacial score (nSPS) is 21.1. The minimum absolute atomic E-state index is 0.0287. The molecule has 2 rings (SSSR count). The zero-order chi connectivity index (χ0) is 18.7. The van der Waals surface area contributed by atoms with Crippen LogP contribution >= 0.6 is 0 Å². The summed E-state index contributed by atoms with van der Waals surface area (Å²) in [5.41, 5.74) is 0.895. The third-order valence-electron chi connectivity index (χ3n) is 4.33. The van der Waals surface area contributed by atoms with Crippen LogP contribution in [0.3, 0.4) is 0 Å². The highest BCUT2D eigenvalue weighted by atomic mass is 32.2. The second kappa shape index (κ2) is 7.92. The number of nitrogens with one attached hydrogen (secondary N) is 1. The molecule has 1 aliphatic rings. The van der Waals surface area contributed by atoms with Crippen LogP contribution in [0.5, 0.6) is 5.75 Å². The van der Waals surface area contributed by atoms with Crippen molar-refractivity contribution in [3.8, 4) is 5.75 Å². The number of sulfonamides is 1. The van der Waals surface area contributed by atoms with Gasteiger partial charge in [0.2, 0.25) is 10.0 Å². The Bertz CT molecular complexity index is 662. The number of alkyl halides is 3. The first-order valence-electron chi connectivity index (χ1n) is 8.08. The molecule has 0 spiro atoms. The Labute approximate surface area is 146 Å². The average molecular weight is 380 g/mol. The van der Waals surface area contributed by atoms with E-state index in [0.717, 1.165) is 37.8 Å². The molecule has 142 valence electrons. The van der Waals surface area contributed by atoms with Crippen molar-refractivity contribution in [1.29, 1.82) is 0 Å². The Morgan fingerprint density at radius 3 is 2.52 bits per heavy atom. The highest BCUT2D eigenvalue weighted by Gasteiger charge is 2.31. The van der Waals surface area contributed by atoms with Gasteiger partial charge in [0.25, 0.3) is 0 Å². The van der Waals surface area contributed by atoms with Gasteiger partial charge in [0.15, 0.2) is 0 Å². The number of rotatable bonds is 6. The standard InChI is InChI=1S/C16H23F3N2O3S/c1-12(14-5-7-15(8-6-14)24-16(17,18)19)21-9-3-4-13(11-21)10-20-25(2,22)23/h5-8,12-13,20H,3-4,9-11H2,1-2H3/t12-,13+/m1/s1. The summed E-state index contributed by atoms with van der Waals surface area (Å²) >= 11 is 0. The molecule has 2 atom stereocenters. The Kier molecular flexibility index (Phi) is 6.34. The molecule has 0 aliphatic carbocycles. The van der Waals surface area contributed by atoms with Crippen LogP contribution < -0.4 is 9.46 Å². The van der Waals surface area contributed by atoms with E-state index in [-0.39, 0.29) is 17.7 Å². The Morgan fingerprint density at radius 1 is 1.32 bits per heavy atom. The SMILES string of the molecule is C[C@H](c1ccc(OC(F)(F)F)cc1)N1CCC[C@@H](CNS(C)(=O)=O)C1. The Balaban J connectivity index is 1.96. The number of nitrogens with zero attached hydrogens (tertiary/aromatic N) is 1. The highest BCUT2D eigenvalue weighted by molar-refractivity contribution is 7.88. The van der Waals surface area contributed by atoms with Crippen molar-refractivity contribution >= 4 is 10.0 Å². The smallest absolute Gasteiger partial charge is 0.406 e. The molecule has 5 nitrogen and oxygen atoms in total. The first-order chi connectivity index (χ1) is 11.5. The molecule has 1 aromatic carbocycles. The van der Waals surface area contributed by atoms with Crippen LogP contribution in [0.25, 0.3) is 0 Å². The summed E-state index contributed by atoms with van der Waals surface area (Å²) in [5, 5.41) is 0. The second-order valence-electron chi connectivity index (χ2n) is 6.42. The van der Waals surface area contributed by atoms with Gasteiger partial charge in [-0.15, -0.1) is 13.2 Å². The molecule has 0 radical (unpaired) electrons. The van der Waals surface area contributed by atoms with E-state index >= 15 is 0 Å². The fourth-order valence-electron chi connectivity index (χ4n) is 3.04. The van der Waals surface area contributed by atoms with E-state index < -0.39 is 16.4 Å². The second-order valence-corrected chi connectivity index (χ2v) is 8.25. The Morgan fingerprint density at radius 2 is 1.96 bits per heavy atom. The minimum atomic E-state index is -4.69. The van der Waals surface area contributed by atoms with E-state index in [1.54, 1.807) is 12.1 Å². The number of likely N-dealkylation sites (tertiary alicyclic amines) is 1. The molecule has 1 heterocycles. The fourth-order valence-corrected chi connectivity index (χ4v) is 3.58. The summed E-state index contributed by atoms with van der Waals surface area (Å²) in [6.45, 7) is 4.01. The van der Waals surface area contributed by atoms with Crippen molar-refractivity contribution in [3.05, 3.63) is 29.8 Å². The van der Waals surface area contributed by atoms with Gasteiger partial charge in [-0.1, -0.05) is 12.1 Å². The van der Waals surface area contributed by atoms with E-state index in [9.17, 15) is 21.6 Å². The summed E-state index contributed by atoms with van der Waals surface area (Å²) in [6, 6.07) is 5.91. The van der Waals surface area contributed by atoms with Gasteiger partial charge in [0.05, 0.1) is 6.26 Å². The van der Waals surface area contributed by atoms with Gasteiger partial charge in [-0.2, -0.15) is 0 Å². The molecule has 1 aliphatic heterocycles. The predicted octanol–water partition coefficient (Wildman–Crippen LogP) is 2.91. The summed E-state index contributed by atoms with van der Waals surface area (Å²) < 4.78 is 65.5. The molecule has 0 saturated carbocycles. The van der Waals surface area contributed by atoms with E-state index in [0.29, 0.717) is 6.54 Å². The maximum atomic E-state index is 12.2. The lowest BCUT2D eigenvalue weighted by molar-refractivity contribution is -0.274. The lowest BCUT2D eigenvalue weighted by Gasteiger charge is -2.37. The largest absolute Gasteiger partial charge is 0.573 e. The third-order valence-corrected chi connectivity index (χ3v) is 5.02. The molecule has 0 unspecified atom stereocenters. The number of halogens is 3. The van der Waals surface area contributed by atoms with Crippen molar-refractivity contribution in [3.63, 3.8) is 0 Å². The molecular formula is C16H23F3N2O3S. The molecule has 0 aromatic heterocycles. The maximum absolute atomic E-state index is 12.2. The van der Waals surface area contributed by atoms with E-state index in [2.05, 4.69) is 14.4 Å². The zero-order valence-electron chi connectivity index (χ0n) is 14.2. The summed E-state index contributed by atoms with van der Waals surface area (Å²) in [5.74, 6) is -0.0175. The van der Waals surface area contributed by atoms with Gasteiger partial charge in [0, 0.05) is 19.1 Å². The summed E-state index contributed by atoms with van der Waals surface area (Å²) in [6.07, 6.45) is -1.65. The average Bonchev–Trinajstić information content (AvgIpc) is 2.51. The van der Waals surface area contributed by atoms with E-state index in [1.165, 1.54) is 12.1 Å². The van der Waals surface area contributed by atoms with Crippen LogP contribution in [-0.2, 0) is 10.0 Å². The molecule has 1 fully saturated rings. The predicted molar refractivity (Wildman–Crippen MR) is 88.7 cm³/mol. The van der Waals surface area contributed by atoms with Crippen molar-refractivity contribution < 1.29 is 26.3 Å². The van der Waals surface area contributed by atoms with Gasteiger partial charge in [-0.3, -0.25) is 4.90 Å². The molecule has 1 N–H and O–H groups in total. The first kappa shape index (κ1) is 20.0. The van der Waals surface area contributed by atoms with Gasteiger partial charge in [0.1, 0.15) is 5.75 Å². The number of hydrogen-bond donors (Lipinski definition) is 1. The molecule has 0 bridgehead atoms. The van der Waals surface area contributed by atoms with Crippen LogP contribution in [0.15, 0.2) is 24.3 Å². The van der Waals surface area contributed by atoms with Crippen molar-refractivity contribution in [2.45, 2.75) is 32.2 Å². The fraction of sp³-hybridized carbons (Fsp3) is 0.625. The van der Waals surface area contributed by atoms with Gasteiger partial charge in [-0.25, -0.2) is 13.1 Å². The Hall–Kier alpha value is -1.32. The van der Waals surface area contributed by atoms with Gasteiger partial charge >= 0.3 is 6.36 Å². The first-order valence-corrected chi connectivity index (χ1v) is 9.97. The number of ether oxygens (including phenoxy) is 1. The van der Waals surface area contributed by atoms with E-state index in [1.807, 2.05) is 6.92 Å². The molecule has 1 aromatic rings. The molecule has 1 saturated heterocycles. The molecule has 0 amide bonds. The summed E-state index contributed by atoms with van der Waals surface area (Å²) in [7, 11) is -3.21. The van der Waals surface area contributed by atoms with Crippen LogP contribution in [0.4, 0.5) is 13.2 Å². The molecule has 25 heavy (non-hydrogen) atoms. The maximum Gasteiger partial charge on any atom is 0.573 e. The van der Waals surface area contributed by atoms with E-state index in [4.69, 9.17) is 0 Å². The van der Waals surface area contributed by atoms with Crippen molar-refractivity contribution in [2.24, 2.45) is 5.92 Å². The zero-order valence-corrected chi connectivity index (χ0v) is 15.0. The number of piperidine rings is 1. The van der Waals surface area contributed by atoms with Gasteiger partial charge in [-0.05, 0) is 49.9 Å². The molecular weight excluding hydrogens is 357 g/mol. The molecule has 9 heteroatoms. The topological polar surface area (TPSA) is 58.6 Å². The lowest BCUT2D eigenvalue weighted by Crippen LogP contribution is -2.41. The quantitative estimate of drug-likeness (QED) is 0.825. The number of benzene rings is 1. The summed E-state index contributed by atoms with van der Waals surface area (Å²) in [4.78, 5) is 2.22. The monoisotopic (exact) mass is 380 g/mol. The van der Waals surface area contributed by atoms with Crippen LogP contribution in [-0.4, -0.2) is 45.6 Å². The van der Waals surface area contributed by atoms with Crippen LogP contribution in [0.2, 0.25) is 0 Å². The lowest BCUT2D eigenvalue weighted by atomic mass is 9.95. The van der Waals surface area contributed by atoms with Crippen molar-refractivity contribution in [1.82, 2.24) is 9.62 Å². The van der Waals surface area contributed by atoms with Gasteiger partial charge < -0.3 is 4.74 Å².